The van der Waals surface area contributed by atoms with Crippen LogP contribution in [0, 0.1) is 5.82 Å². The van der Waals surface area contributed by atoms with Gasteiger partial charge in [0.25, 0.3) is 0 Å². The number of carbonyl (C=O) groups excluding carboxylic acids is 2. The van der Waals surface area contributed by atoms with E-state index < -0.39 is 11.9 Å². The third-order valence-electron chi connectivity index (χ3n) is 3.63. The number of halogens is 1. The molecule has 1 aromatic rings. The highest BCUT2D eigenvalue weighted by Gasteiger charge is 2.30. The van der Waals surface area contributed by atoms with Gasteiger partial charge in [0.15, 0.2) is 0 Å². The molecule has 0 unspecified atom stereocenters. The topological polar surface area (TPSA) is 66.6 Å². The lowest BCUT2D eigenvalue weighted by molar-refractivity contribution is -0.136. The fourth-order valence-corrected chi connectivity index (χ4v) is 2.32. The van der Waals surface area contributed by atoms with E-state index in [0.717, 1.165) is 0 Å². The molecule has 1 aliphatic rings. The largest absolute Gasteiger partial charge is 0.368 e. The van der Waals surface area contributed by atoms with Gasteiger partial charge in [-0.05, 0) is 18.7 Å². The molecule has 2 amide bonds. The van der Waals surface area contributed by atoms with Crippen LogP contribution >= 0.6 is 0 Å². The maximum absolute atomic E-state index is 13.5. The smallest absolute Gasteiger partial charge is 0.236 e. The van der Waals surface area contributed by atoms with Crippen LogP contribution in [0.25, 0.3) is 0 Å². The molecule has 0 spiro atoms. The first-order chi connectivity index (χ1) is 9.49. The van der Waals surface area contributed by atoms with Crippen molar-refractivity contribution in [2.75, 3.05) is 26.7 Å². The summed E-state index contributed by atoms with van der Waals surface area (Å²) in [5.74, 6) is -1.02. The van der Waals surface area contributed by atoms with Crippen LogP contribution in [-0.4, -0.2) is 54.3 Å². The van der Waals surface area contributed by atoms with Crippen molar-refractivity contribution < 1.29 is 14.0 Å². The second-order valence-corrected chi connectivity index (χ2v) is 5.01. The van der Waals surface area contributed by atoms with Crippen LogP contribution in [-0.2, 0) is 16.0 Å². The molecule has 1 aromatic carbocycles. The van der Waals surface area contributed by atoms with E-state index in [1.807, 2.05) is 4.90 Å². The first-order valence-electron chi connectivity index (χ1n) is 6.49. The zero-order chi connectivity index (χ0) is 14.7. The number of hydrogen-bond donors (Lipinski definition) is 1. The molecule has 1 atom stereocenters. The molecule has 2 N–H and O–H groups in total. The minimum Gasteiger partial charge on any atom is -0.368 e. The number of nitrogens with two attached hydrogens (primary N) is 1. The Morgan fingerprint density at radius 3 is 2.70 bits per heavy atom. The molecule has 0 bridgehead atoms. The predicted octanol–water partition coefficient (Wildman–Crippen LogP) is -0.00390. The summed E-state index contributed by atoms with van der Waals surface area (Å²) in [6, 6.07) is 5.73. The summed E-state index contributed by atoms with van der Waals surface area (Å²) in [4.78, 5) is 26.9. The third-order valence-corrected chi connectivity index (χ3v) is 3.63. The first kappa shape index (κ1) is 14.5. The molecule has 20 heavy (non-hydrogen) atoms. The van der Waals surface area contributed by atoms with Gasteiger partial charge in [-0.1, -0.05) is 18.2 Å². The van der Waals surface area contributed by atoms with Crippen molar-refractivity contribution in [3.8, 4) is 0 Å². The van der Waals surface area contributed by atoms with Gasteiger partial charge in [-0.25, -0.2) is 4.39 Å². The summed E-state index contributed by atoms with van der Waals surface area (Å²) in [6.45, 7) is 1.36. The van der Waals surface area contributed by atoms with E-state index >= 15 is 0 Å². The third kappa shape index (κ3) is 3.14. The normalized spacial score (nSPS) is 19.9. The molecule has 5 nitrogen and oxygen atoms in total. The number of nitrogens with zero attached hydrogens (tertiary/aromatic N) is 2. The highest BCUT2D eigenvalue weighted by Crippen LogP contribution is 2.12. The Bertz CT molecular complexity index is 521. The molecule has 6 heteroatoms. The van der Waals surface area contributed by atoms with Gasteiger partial charge in [-0.3, -0.25) is 14.5 Å². The van der Waals surface area contributed by atoms with E-state index in [4.69, 9.17) is 5.73 Å². The zero-order valence-corrected chi connectivity index (χ0v) is 11.4. The Hall–Kier alpha value is -1.95. The Labute approximate surface area is 117 Å². The van der Waals surface area contributed by atoms with Gasteiger partial charge in [0.1, 0.15) is 11.9 Å². The Morgan fingerprint density at radius 1 is 1.35 bits per heavy atom. The number of hydrogen-bond acceptors (Lipinski definition) is 3. The lowest BCUT2D eigenvalue weighted by atomic mass is 10.1. The first-order valence-corrected chi connectivity index (χ1v) is 6.49. The van der Waals surface area contributed by atoms with Crippen LogP contribution in [0.15, 0.2) is 24.3 Å². The molecule has 1 aliphatic heterocycles. The molecular formula is C14H18FN3O2. The Morgan fingerprint density at radius 2 is 2.05 bits per heavy atom. The number of benzene rings is 1. The molecule has 1 saturated heterocycles. The van der Waals surface area contributed by atoms with Crippen molar-refractivity contribution in [1.82, 2.24) is 9.80 Å². The Kier molecular flexibility index (Phi) is 4.34. The second kappa shape index (κ2) is 6.00. The SMILES string of the molecule is CN1CCN(C(=O)Cc2ccccc2F)C[C@H]1C(N)=O. The fraction of sp³-hybridized carbons (Fsp3) is 0.429. The highest BCUT2D eigenvalue weighted by atomic mass is 19.1. The summed E-state index contributed by atoms with van der Waals surface area (Å²) in [7, 11) is 1.80. The minimum atomic E-state index is -0.478. The number of rotatable bonds is 3. The highest BCUT2D eigenvalue weighted by molar-refractivity contribution is 5.83. The maximum atomic E-state index is 13.5. The van der Waals surface area contributed by atoms with Crippen molar-refractivity contribution in [3.63, 3.8) is 0 Å². The molecule has 2 rings (SSSR count). The van der Waals surface area contributed by atoms with Crippen molar-refractivity contribution in [1.29, 1.82) is 0 Å². The summed E-state index contributed by atoms with van der Waals surface area (Å²) in [6.07, 6.45) is 0.00185. The van der Waals surface area contributed by atoms with Crippen molar-refractivity contribution in [2.24, 2.45) is 5.73 Å². The molecular weight excluding hydrogens is 261 g/mol. The van der Waals surface area contributed by atoms with E-state index in [1.54, 1.807) is 30.1 Å². The summed E-state index contributed by atoms with van der Waals surface area (Å²) in [5, 5.41) is 0. The van der Waals surface area contributed by atoms with Crippen LogP contribution in [0.5, 0.6) is 0 Å². The van der Waals surface area contributed by atoms with E-state index in [1.165, 1.54) is 6.07 Å². The molecule has 1 heterocycles. The van der Waals surface area contributed by atoms with Crippen LogP contribution in [0.4, 0.5) is 4.39 Å². The van der Waals surface area contributed by atoms with Crippen LogP contribution in [0.3, 0.4) is 0 Å². The average molecular weight is 279 g/mol. The van der Waals surface area contributed by atoms with Gasteiger partial charge in [-0.15, -0.1) is 0 Å². The summed E-state index contributed by atoms with van der Waals surface area (Å²) in [5.41, 5.74) is 5.69. The Balaban J connectivity index is 2.03. The second-order valence-electron chi connectivity index (χ2n) is 5.01. The lowest BCUT2D eigenvalue weighted by Crippen LogP contribution is -2.58. The van der Waals surface area contributed by atoms with Crippen molar-refractivity contribution >= 4 is 11.8 Å². The van der Waals surface area contributed by atoms with Crippen LogP contribution in [0.2, 0.25) is 0 Å². The minimum absolute atomic E-state index is 0.00185. The molecule has 0 saturated carbocycles. The van der Waals surface area contributed by atoms with Gasteiger partial charge in [0, 0.05) is 19.6 Å². The van der Waals surface area contributed by atoms with E-state index in [-0.39, 0.29) is 24.7 Å². The standard InChI is InChI=1S/C14H18FN3O2/c1-17-6-7-18(9-12(17)14(16)20)13(19)8-10-4-2-3-5-11(10)15/h2-5,12H,6-9H2,1H3,(H2,16,20)/t12-/m0/s1. The number of piperazine rings is 1. The van der Waals surface area contributed by atoms with Crippen molar-refractivity contribution in [2.45, 2.75) is 12.5 Å². The number of primary amides is 1. The van der Waals surface area contributed by atoms with Gasteiger partial charge in [0.2, 0.25) is 11.8 Å². The van der Waals surface area contributed by atoms with Crippen LogP contribution in [0.1, 0.15) is 5.56 Å². The molecule has 0 radical (unpaired) electrons. The van der Waals surface area contributed by atoms with E-state index in [0.29, 0.717) is 18.7 Å². The van der Waals surface area contributed by atoms with Gasteiger partial charge in [-0.2, -0.15) is 0 Å². The monoisotopic (exact) mass is 279 g/mol. The fourth-order valence-electron chi connectivity index (χ4n) is 2.32. The van der Waals surface area contributed by atoms with Gasteiger partial charge in [0.05, 0.1) is 6.42 Å². The molecule has 1 fully saturated rings. The van der Waals surface area contributed by atoms with Crippen molar-refractivity contribution in [3.05, 3.63) is 35.6 Å². The molecule has 0 aliphatic carbocycles. The molecule has 108 valence electrons. The average Bonchev–Trinajstić information content (AvgIpc) is 2.41. The summed E-state index contributed by atoms with van der Waals surface area (Å²) >= 11 is 0. The molecule has 0 aromatic heterocycles. The number of carbonyl (C=O) groups is 2. The summed E-state index contributed by atoms with van der Waals surface area (Å²) < 4.78 is 13.5. The number of likely N-dealkylation sites (N-methyl/N-ethyl adjacent to an activating group) is 1. The van der Waals surface area contributed by atoms with Crippen LogP contribution < -0.4 is 5.73 Å². The maximum Gasteiger partial charge on any atom is 0.236 e. The lowest BCUT2D eigenvalue weighted by Gasteiger charge is -2.37. The van der Waals surface area contributed by atoms with E-state index in [9.17, 15) is 14.0 Å². The predicted molar refractivity (Wildman–Crippen MR) is 72.3 cm³/mol. The zero-order valence-electron chi connectivity index (χ0n) is 11.4. The van der Waals surface area contributed by atoms with Gasteiger partial charge < -0.3 is 10.6 Å². The quantitative estimate of drug-likeness (QED) is 0.846. The van der Waals surface area contributed by atoms with E-state index in [2.05, 4.69) is 0 Å². The number of amides is 2. The van der Waals surface area contributed by atoms with Gasteiger partial charge >= 0.3 is 0 Å².